The number of ether oxygens (including phenoxy) is 1. The standard InChI is InChI=1S/C27H30F4N2O3/c1-25(2,20-7-6-8-21(28)23(20)36-3)16-26(35,27(29,30)31)15-19-14-18-13-17(9-10-22(18)32-19)24(34)33-11-4-5-12-33/h6-10,13-14,32,35H,4-5,11-12,15-16H2,1-3H3. The van der Waals surface area contributed by atoms with Gasteiger partial charge in [-0.05, 0) is 55.0 Å². The minimum absolute atomic E-state index is 0.102. The zero-order valence-corrected chi connectivity index (χ0v) is 20.5. The number of fused-ring (bicyclic) bond motifs is 1. The van der Waals surface area contributed by atoms with Gasteiger partial charge in [-0.1, -0.05) is 26.0 Å². The Balaban J connectivity index is 1.64. The minimum Gasteiger partial charge on any atom is -0.493 e. The van der Waals surface area contributed by atoms with Gasteiger partial charge >= 0.3 is 6.18 Å². The third-order valence-electron chi connectivity index (χ3n) is 6.96. The summed E-state index contributed by atoms with van der Waals surface area (Å²) in [7, 11) is 1.25. The molecule has 0 spiro atoms. The van der Waals surface area contributed by atoms with E-state index >= 15 is 0 Å². The average molecular weight is 507 g/mol. The van der Waals surface area contributed by atoms with E-state index in [9.17, 15) is 27.5 Å². The molecule has 1 aliphatic rings. The van der Waals surface area contributed by atoms with Crippen LogP contribution in [0.4, 0.5) is 17.6 Å². The molecular formula is C27H30F4N2O3. The number of benzene rings is 2. The maximum Gasteiger partial charge on any atom is 0.417 e. The van der Waals surface area contributed by atoms with Crippen LogP contribution >= 0.6 is 0 Å². The first-order valence-electron chi connectivity index (χ1n) is 11.9. The van der Waals surface area contributed by atoms with Crippen LogP contribution in [-0.4, -0.2) is 52.9 Å². The Bertz CT molecular complexity index is 1260. The summed E-state index contributed by atoms with van der Waals surface area (Å²) in [5.41, 5.74) is -2.94. The lowest BCUT2D eigenvalue weighted by Crippen LogP contribution is -2.51. The fourth-order valence-corrected chi connectivity index (χ4v) is 5.18. The maximum absolute atomic E-state index is 14.3. The van der Waals surface area contributed by atoms with Gasteiger partial charge in [0.25, 0.3) is 5.91 Å². The highest BCUT2D eigenvalue weighted by molar-refractivity contribution is 5.98. The van der Waals surface area contributed by atoms with Crippen molar-refractivity contribution < 1.29 is 32.2 Å². The second-order valence-corrected chi connectivity index (χ2v) is 10.2. The number of nitrogens with one attached hydrogen (secondary N) is 1. The number of para-hydroxylation sites is 1. The number of likely N-dealkylation sites (tertiary alicyclic amines) is 1. The number of hydrogen-bond donors (Lipinski definition) is 2. The highest BCUT2D eigenvalue weighted by Crippen LogP contribution is 2.45. The van der Waals surface area contributed by atoms with Gasteiger partial charge in [0.1, 0.15) is 0 Å². The van der Waals surface area contributed by atoms with Crippen molar-refractivity contribution in [1.82, 2.24) is 9.88 Å². The molecule has 36 heavy (non-hydrogen) atoms. The number of alkyl halides is 3. The summed E-state index contributed by atoms with van der Waals surface area (Å²) < 4.78 is 62.2. The van der Waals surface area contributed by atoms with Gasteiger partial charge < -0.3 is 19.7 Å². The summed E-state index contributed by atoms with van der Waals surface area (Å²) in [5, 5.41) is 11.6. The lowest BCUT2D eigenvalue weighted by molar-refractivity contribution is -0.266. The van der Waals surface area contributed by atoms with E-state index in [1.165, 1.54) is 45.2 Å². The van der Waals surface area contributed by atoms with Crippen molar-refractivity contribution in [2.75, 3.05) is 20.2 Å². The number of amides is 1. The van der Waals surface area contributed by atoms with Crippen LogP contribution in [0, 0.1) is 5.82 Å². The topological polar surface area (TPSA) is 65.6 Å². The molecule has 0 aliphatic carbocycles. The average Bonchev–Trinajstić information content (AvgIpc) is 3.46. The molecule has 1 fully saturated rings. The third-order valence-corrected chi connectivity index (χ3v) is 6.96. The Labute approximate surface area is 207 Å². The molecule has 1 unspecified atom stereocenters. The lowest BCUT2D eigenvalue weighted by Gasteiger charge is -2.38. The lowest BCUT2D eigenvalue weighted by atomic mass is 9.73. The molecule has 0 bridgehead atoms. The fourth-order valence-electron chi connectivity index (χ4n) is 5.18. The predicted octanol–water partition coefficient (Wildman–Crippen LogP) is 5.76. The van der Waals surface area contributed by atoms with E-state index in [0.29, 0.717) is 29.6 Å². The second-order valence-electron chi connectivity index (χ2n) is 10.2. The van der Waals surface area contributed by atoms with Crippen LogP contribution in [0.15, 0.2) is 42.5 Å². The van der Waals surface area contributed by atoms with Crippen molar-refractivity contribution in [3.05, 3.63) is 65.1 Å². The smallest absolute Gasteiger partial charge is 0.417 e. The highest BCUT2D eigenvalue weighted by atomic mass is 19.4. The van der Waals surface area contributed by atoms with Crippen molar-refractivity contribution in [2.45, 2.75) is 56.7 Å². The number of hydrogen-bond acceptors (Lipinski definition) is 3. The SMILES string of the molecule is COc1c(F)cccc1C(C)(C)CC(O)(Cc1cc2cc(C(=O)N3CCCC3)ccc2[nH]1)C(F)(F)F. The molecule has 0 saturated carbocycles. The molecule has 0 radical (unpaired) electrons. The van der Waals surface area contributed by atoms with Crippen LogP contribution in [0.25, 0.3) is 10.9 Å². The normalized spacial score (nSPS) is 16.4. The first-order chi connectivity index (χ1) is 16.8. The fraction of sp³-hybridized carbons (Fsp3) is 0.444. The van der Waals surface area contributed by atoms with Gasteiger partial charge in [0.15, 0.2) is 17.2 Å². The minimum atomic E-state index is -4.96. The van der Waals surface area contributed by atoms with Crippen LogP contribution in [0.5, 0.6) is 5.75 Å². The molecule has 2 N–H and O–H groups in total. The quantitative estimate of drug-likeness (QED) is 0.401. The van der Waals surface area contributed by atoms with Crippen LogP contribution in [0.1, 0.15) is 54.7 Å². The molecule has 4 rings (SSSR count). The number of H-pyrrole nitrogens is 1. The van der Waals surface area contributed by atoms with E-state index < -0.39 is 35.9 Å². The van der Waals surface area contributed by atoms with Crippen molar-refractivity contribution in [2.24, 2.45) is 0 Å². The summed E-state index contributed by atoms with van der Waals surface area (Å²) in [4.78, 5) is 17.4. The largest absolute Gasteiger partial charge is 0.493 e. The number of methoxy groups -OCH3 is 1. The van der Waals surface area contributed by atoms with Crippen molar-refractivity contribution in [3.63, 3.8) is 0 Å². The summed E-state index contributed by atoms with van der Waals surface area (Å²) in [6.45, 7) is 4.42. The van der Waals surface area contributed by atoms with Crippen LogP contribution in [0.2, 0.25) is 0 Å². The highest BCUT2D eigenvalue weighted by Gasteiger charge is 2.56. The van der Waals surface area contributed by atoms with Crippen molar-refractivity contribution in [3.8, 4) is 5.75 Å². The van der Waals surface area contributed by atoms with Gasteiger partial charge in [0, 0.05) is 47.2 Å². The van der Waals surface area contributed by atoms with E-state index in [1.807, 2.05) is 0 Å². The number of halogens is 4. The molecule has 1 aliphatic heterocycles. The summed E-state index contributed by atoms with van der Waals surface area (Å²) in [5.74, 6) is -0.934. The van der Waals surface area contributed by atoms with E-state index in [4.69, 9.17) is 4.74 Å². The van der Waals surface area contributed by atoms with E-state index in [2.05, 4.69) is 4.98 Å². The van der Waals surface area contributed by atoms with Crippen LogP contribution < -0.4 is 4.74 Å². The third kappa shape index (κ3) is 4.93. The molecule has 1 aromatic heterocycles. The molecule has 9 heteroatoms. The van der Waals surface area contributed by atoms with Crippen LogP contribution in [-0.2, 0) is 11.8 Å². The monoisotopic (exact) mass is 506 g/mol. The van der Waals surface area contributed by atoms with Gasteiger partial charge in [-0.15, -0.1) is 0 Å². The molecule has 1 amide bonds. The molecule has 2 heterocycles. The molecule has 5 nitrogen and oxygen atoms in total. The molecular weight excluding hydrogens is 476 g/mol. The Kier molecular flexibility index (Phi) is 6.81. The summed E-state index contributed by atoms with van der Waals surface area (Å²) >= 11 is 0. The van der Waals surface area contributed by atoms with Crippen LogP contribution in [0.3, 0.4) is 0 Å². The van der Waals surface area contributed by atoms with Gasteiger partial charge in [0.05, 0.1) is 7.11 Å². The van der Waals surface area contributed by atoms with Gasteiger partial charge in [-0.3, -0.25) is 4.79 Å². The Hall–Kier alpha value is -3.07. The molecule has 194 valence electrons. The molecule has 1 atom stereocenters. The molecule has 2 aromatic carbocycles. The van der Waals surface area contributed by atoms with E-state index in [-0.39, 0.29) is 22.9 Å². The number of carbonyl (C=O) groups excluding carboxylic acids is 1. The Morgan fingerprint density at radius 3 is 2.44 bits per heavy atom. The van der Waals surface area contributed by atoms with E-state index in [1.54, 1.807) is 23.1 Å². The number of aromatic amines is 1. The van der Waals surface area contributed by atoms with Crippen molar-refractivity contribution in [1.29, 1.82) is 0 Å². The molecule has 1 saturated heterocycles. The van der Waals surface area contributed by atoms with Crippen molar-refractivity contribution >= 4 is 16.8 Å². The Morgan fingerprint density at radius 1 is 1.11 bits per heavy atom. The summed E-state index contributed by atoms with van der Waals surface area (Å²) in [6.07, 6.45) is -4.51. The maximum atomic E-state index is 14.3. The first-order valence-corrected chi connectivity index (χ1v) is 11.9. The zero-order chi connectivity index (χ0) is 26.3. The number of carbonyl (C=O) groups is 1. The van der Waals surface area contributed by atoms with Gasteiger partial charge in [-0.25, -0.2) is 4.39 Å². The number of aromatic nitrogens is 1. The first kappa shape index (κ1) is 26.0. The Morgan fingerprint density at radius 2 is 1.81 bits per heavy atom. The number of aliphatic hydroxyl groups is 1. The predicted molar refractivity (Wildman–Crippen MR) is 129 cm³/mol. The second kappa shape index (κ2) is 9.42. The summed E-state index contributed by atoms with van der Waals surface area (Å²) in [6, 6.07) is 10.6. The molecule has 3 aromatic rings. The van der Waals surface area contributed by atoms with Gasteiger partial charge in [0.2, 0.25) is 0 Å². The number of rotatable bonds is 7. The van der Waals surface area contributed by atoms with Gasteiger partial charge in [-0.2, -0.15) is 13.2 Å². The number of nitrogens with zero attached hydrogens (tertiary/aromatic N) is 1. The zero-order valence-electron chi connectivity index (χ0n) is 20.5. The van der Waals surface area contributed by atoms with E-state index in [0.717, 1.165) is 12.8 Å².